The van der Waals surface area contributed by atoms with Crippen molar-refractivity contribution in [3.8, 4) is 28.5 Å². The molecule has 8 nitrogen and oxygen atoms in total. The number of methoxy groups -OCH3 is 2. The van der Waals surface area contributed by atoms with Crippen molar-refractivity contribution in [3.05, 3.63) is 59.8 Å². The van der Waals surface area contributed by atoms with E-state index in [1.54, 1.807) is 50.6 Å². The Bertz CT molecular complexity index is 981. The molecule has 8 heteroatoms. The summed E-state index contributed by atoms with van der Waals surface area (Å²) in [5.74, 6) is 0.790. The van der Waals surface area contributed by atoms with Gasteiger partial charge in [-0.3, -0.25) is 9.89 Å². The van der Waals surface area contributed by atoms with Gasteiger partial charge in [-0.25, -0.2) is 5.43 Å². The number of carbonyl (C=O) groups is 1. The SMILES string of the molecule is COc1ccc(-c2cc(C(=O)NN=Cc3ccccc3O)[nH]n2)cc1OC. The second kappa shape index (κ2) is 8.05. The summed E-state index contributed by atoms with van der Waals surface area (Å²) in [6.07, 6.45) is 1.36. The molecule has 3 aromatic rings. The number of H-pyrrole nitrogens is 1. The smallest absolute Gasteiger partial charge is 0.289 e. The van der Waals surface area contributed by atoms with Gasteiger partial charge in [0.15, 0.2) is 11.5 Å². The van der Waals surface area contributed by atoms with E-state index in [0.29, 0.717) is 22.8 Å². The molecule has 0 aliphatic carbocycles. The number of hydrogen-bond acceptors (Lipinski definition) is 6. The Kier molecular flexibility index (Phi) is 5.36. The first-order chi connectivity index (χ1) is 13.1. The number of nitrogens with zero attached hydrogens (tertiary/aromatic N) is 2. The zero-order valence-electron chi connectivity index (χ0n) is 14.8. The van der Waals surface area contributed by atoms with Crippen LogP contribution in [0.25, 0.3) is 11.3 Å². The predicted molar refractivity (Wildman–Crippen MR) is 100 cm³/mol. The Morgan fingerprint density at radius 2 is 1.93 bits per heavy atom. The fraction of sp³-hybridized carbons (Fsp3) is 0.105. The van der Waals surface area contributed by atoms with Crippen LogP contribution < -0.4 is 14.9 Å². The summed E-state index contributed by atoms with van der Waals surface area (Å²) >= 11 is 0. The quantitative estimate of drug-likeness (QED) is 0.459. The number of aromatic hydroxyl groups is 1. The fourth-order valence-corrected chi connectivity index (χ4v) is 2.40. The highest BCUT2D eigenvalue weighted by Gasteiger charge is 2.12. The molecule has 1 heterocycles. The topological polar surface area (TPSA) is 109 Å². The summed E-state index contributed by atoms with van der Waals surface area (Å²) in [5, 5.41) is 20.3. The molecular formula is C19H18N4O4. The predicted octanol–water partition coefficient (Wildman–Crippen LogP) is 2.56. The van der Waals surface area contributed by atoms with Crippen molar-refractivity contribution >= 4 is 12.1 Å². The molecule has 0 spiro atoms. The highest BCUT2D eigenvalue weighted by molar-refractivity contribution is 5.94. The van der Waals surface area contributed by atoms with E-state index < -0.39 is 5.91 Å². The first kappa shape index (κ1) is 18.0. The summed E-state index contributed by atoms with van der Waals surface area (Å²) < 4.78 is 10.5. The number of para-hydroxylation sites is 1. The van der Waals surface area contributed by atoms with Crippen LogP contribution in [0.4, 0.5) is 0 Å². The van der Waals surface area contributed by atoms with E-state index in [9.17, 15) is 9.90 Å². The van der Waals surface area contributed by atoms with Gasteiger partial charge in [-0.2, -0.15) is 10.2 Å². The van der Waals surface area contributed by atoms with Gasteiger partial charge in [0.1, 0.15) is 11.4 Å². The number of hydrazone groups is 1. The van der Waals surface area contributed by atoms with Crippen LogP contribution in [0.15, 0.2) is 53.6 Å². The van der Waals surface area contributed by atoms with Gasteiger partial charge in [0, 0.05) is 11.1 Å². The highest BCUT2D eigenvalue weighted by atomic mass is 16.5. The number of ether oxygens (including phenoxy) is 2. The Hall–Kier alpha value is -3.81. The number of carbonyl (C=O) groups excluding carboxylic acids is 1. The van der Waals surface area contributed by atoms with E-state index in [2.05, 4.69) is 20.7 Å². The lowest BCUT2D eigenvalue weighted by Crippen LogP contribution is -2.18. The van der Waals surface area contributed by atoms with Crippen molar-refractivity contribution in [2.75, 3.05) is 14.2 Å². The van der Waals surface area contributed by atoms with Gasteiger partial charge in [-0.05, 0) is 36.4 Å². The minimum atomic E-state index is -0.458. The van der Waals surface area contributed by atoms with E-state index in [-0.39, 0.29) is 11.4 Å². The minimum Gasteiger partial charge on any atom is -0.507 e. The van der Waals surface area contributed by atoms with Crippen molar-refractivity contribution in [1.82, 2.24) is 15.6 Å². The van der Waals surface area contributed by atoms with E-state index in [0.717, 1.165) is 5.56 Å². The number of hydrogen-bond donors (Lipinski definition) is 3. The van der Waals surface area contributed by atoms with E-state index >= 15 is 0 Å². The van der Waals surface area contributed by atoms with Crippen LogP contribution >= 0.6 is 0 Å². The van der Waals surface area contributed by atoms with E-state index in [4.69, 9.17) is 9.47 Å². The molecule has 0 aliphatic heterocycles. The molecule has 3 N–H and O–H groups in total. The normalized spacial score (nSPS) is 10.7. The van der Waals surface area contributed by atoms with Crippen LogP contribution in [0.5, 0.6) is 17.2 Å². The molecule has 0 saturated heterocycles. The van der Waals surface area contributed by atoms with Gasteiger partial charge >= 0.3 is 0 Å². The molecule has 0 fully saturated rings. The molecule has 2 aromatic carbocycles. The first-order valence-electron chi connectivity index (χ1n) is 8.01. The molecule has 1 aromatic heterocycles. The van der Waals surface area contributed by atoms with Crippen molar-refractivity contribution in [2.45, 2.75) is 0 Å². The van der Waals surface area contributed by atoms with Crippen LogP contribution in [-0.4, -0.2) is 41.6 Å². The maximum absolute atomic E-state index is 12.2. The molecule has 0 radical (unpaired) electrons. The molecule has 3 rings (SSSR count). The third-order valence-corrected chi connectivity index (χ3v) is 3.81. The highest BCUT2D eigenvalue weighted by Crippen LogP contribution is 2.31. The number of phenolic OH excluding ortho intramolecular Hbond substituents is 1. The van der Waals surface area contributed by atoms with Crippen LogP contribution in [0, 0.1) is 0 Å². The average Bonchev–Trinajstić information content (AvgIpc) is 3.19. The maximum atomic E-state index is 12.2. The van der Waals surface area contributed by atoms with Gasteiger partial charge in [0.25, 0.3) is 5.91 Å². The molecule has 0 atom stereocenters. The van der Waals surface area contributed by atoms with Gasteiger partial charge in [-0.15, -0.1) is 0 Å². The lowest BCUT2D eigenvalue weighted by Gasteiger charge is -2.08. The zero-order valence-corrected chi connectivity index (χ0v) is 14.8. The third-order valence-electron chi connectivity index (χ3n) is 3.81. The van der Waals surface area contributed by atoms with Crippen LogP contribution in [0.2, 0.25) is 0 Å². The zero-order chi connectivity index (χ0) is 19.2. The number of amides is 1. The van der Waals surface area contributed by atoms with Crippen molar-refractivity contribution in [1.29, 1.82) is 0 Å². The van der Waals surface area contributed by atoms with Crippen LogP contribution in [-0.2, 0) is 0 Å². The Balaban J connectivity index is 1.72. The number of aromatic amines is 1. The summed E-state index contributed by atoms with van der Waals surface area (Å²) in [6, 6.07) is 13.6. The largest absolute Gasteiger partial charge is 0.507 e. The van der Waals surface area contributed by atoms with E-state index in [1.165, 1.54) is 12.3 Å². The van der Waals surface area contributed by atoms with Gasteiger partial charge in [0.05, 0.1) is 26.1 Å². The van der Waals surface area contributed by atoms with Crippen LogP contribution in [0.3, 0.4) is 0 Å². The first-order valence-corrected chi connectivity index (χ1v) is 8.01. The van der Waals surface area contributed by atoms with E-state index in [1.807, 2.05) is 6.07 Å². The summed E-state index contributed by atoms with van der Waals surface area (Å²) in [4.78, 5) is 12.2. The Morgan fingerprint density at radius 3 is 2.67 bits per heavy atom. The molecular weight excluding hydrogens is 348 g/mol. The lowest BCUT2D eigenvalue weighted by atomic mass is 10.1. The van der Waals surface area contributed by atoms with Gasteiger partial charge in [0.2, 0.25) is 0 Å². The second-order valence-electron chi connectivity index (χ2n) is 5.49. The molecule has 0 unspecified atom stereocenters. The fourth-order valence-electron chi connectivity index (χ4n) is 2.40. The van der Waals surface area contributed by atoms with Crippen molar-refractivity contribution in [3.63, 3.8) is 0 Å². The van der Waals surface area contributed by atoms with Crippen LogP contribution in [0.1, 0.15) is 16.1 Å². The van der Waals surface area contributed by atoms with Gasteiger partial charge in [-0.1, -0.05) is 12.1 Å². The summed E-state index contributed by atoms with van der Waals surface area (Å²) in [5.41, 5.74) is 4.46. The number of aromatic nitrogens is 2. The number of rotatable bonds is 6. The minimum absolute atomic E-state index is 0.0766. The Labute approximate surface area is 155 Å². The monoisotopic (exact) mass is 366 g/mol. The van der Waals surface area contributed by atoms with Gasteiger partial charge < -0.3 is 14.6 Å². The summed E-state index contributed by atoms with van der Waals surface area (Å²) in [6.45, 7) is 0. The van der Waals surface area contributed by atoms with Crippen molar-refractivity contribution in [2.24, 2.45) is 5.10 Å². The number of phenols is 1. The number of nitrogens with one attached hydrogen (secondary N) is 2. The molecule has 0 bridgehead atoms. The molecule has 27 heavy (non-hydrogen) atoms. The third kappa shape index (κ3) is 4.06. The lowest BCUT2D eigenvalue weighted by molar-refractivity contribution is 0.0950. The second-order valence-corrected chi connectivity index (χ2v) is 5.49. The summed E-state index contributed by atoms with van der Waals surface area (Å²) in [7, 11) is 3.11. The Morgan fingerprint density at radius 1 is 1.15 bits per heavy atom. The molecule has 0 saturated carbocycles. The maximum Gasteiger partial charge on any atom is 0.289 e. The molecule has 138 valence electrons. The van der Waals surface area contributed by atoms with Crippen molar-refractivity contribution < 1.29 is 19.4 Å². The standard InChI is InChI=1S/C19H18N4O4/c1-26-17-8-7-12(9-18(17)27-2)14-10-15(22-21-14)19(25)23-20-11-13-5-3-4-6-16(13)24/h3-11,24H,1-2H3,(H,21,22)(H,23,25). The molecule has 0 aliphatic rings. The average molecular weight is 366 g/mol. The number of benzene rings is 2. The molecule has 1 amide bonds.